The van der Waals surface area contributed by atoms with Gasteiger partial charge in [-0.25, -0.2) is 0 Å². The third-order valence-electron chi connectivity index (χ3n) is 7.46. The predicted octanol–water partition coefficient (Wildman–Crippen LogP) is 5.11. The van der Waals surface area contributed by atoms with Gasteiger partial charge in [-0.15, -0.1) is 0 Å². The number of aromatic nitrogens is 1. The van der Waals surface area contributed by atoms with E-state index in [1.165, 1.54) is 6.20 Å². The molecule has 208 valence electrons. The topological polar surface area (TPSA) is 90.0 Å². The molecule has 1 aromatic heterocycles. The van der Waals surface area contributed by atoms with Crippen molar-refractivity contribution in [2.24, 2.45) is 0 Å². The average Bonchev–Trinajstić information content (AvgIpc) is 3.00. The summed E-state index contributed by atoms with van der Waals surface area (Å²) in [5.41, 5.74) is 4.40. The molecule has 1 N–H and O–H groups in total. The molecule has 1 atom stereocenters. The second-order valence-electron chi connectivity index (χ2n) is 10.1. The molecule has 2 amide bonds. The molecule has 4 heterocycles. The van der Waals surface area contributed by atoms with Gasteiger partial charge in [0.05, 0.1) is 37.9 Å². The van der Waals surface area contributed by atoms with E-state index in [1.807, 2.05) is 71.6 Å². The fourth-order valence-electron chi connectivity index (χ4n) is 5.48. The molecular formula is C33H31N3O5. The van der Waals surface area contributed by atoms with Crippen molar-refractivity contribution >= 4 is 11.8 Å². The number of para-hydroxylation sites is 1. The van der Waals surface area contributed by atoms with Gasteiger partial charge in [0.25, 0.3) is 5.91 Å². The first-order valence-corrected chi connectivity index (χ1v) is 13.8. The van der Waals surface area contributed by atoms with E-state index in [1.54, 1.807) is 19.4 Å². The van der Waals surface area contributed by atoms with Crippen molar-refractivity contribution < 1.29 is 23.8 Å². The Hall–Kier alpha value is -4.85. The Morgan fingerprint density at radius 1 is 1.02 bits per heavy atom. The Labute approximate surface area is 238 Å². The van der Waals surface area contributed by atoms with Gasteiger partial charge in [0.1, 0.15) is 23.0 Å². The highest BCUT2D eigenvalue weighted by molar-refractivity contribution is 5.94. The van der Waals surface area contributed by atoms with Crippen LogP contribution in [0.25, 0.3) is 0 Å². The first-order valence-electron chi connectivity index (χ1n) is 13.8. The molecule has 3 aliphatic heterocycles. The van der Waals surface area contributed by atoms with Gasteiger partial charge in [-0.2, -0.15) is 0 Å². The summed E-state index contributed by atoms with van der Waals surface area (Å²) in [6.45, 7) is 1.45. The summed E-state index contributed by atoms with van der Waals surface area (Å²) >= 11 is 0. The molecular weight excluding hydrogens is 518 g/mol. The second-order valence-corrected chi connectivity index (χ2v) is 10.1. The molecule has 4 aromatic rings. The number of amides is 2. The van der Waals surface area contributed by atoms with Gasteiger partial charge in [-0.3, -0.25) is 14.6 Å². The standard InChI is InChI=1S/C33H31N3O5/c1-39-30-9-3-2-6-23(30)19-31(37)36-14-12-22-16-27-10-11-29(22)32(36)24-7-4-8-26(17-24)40-15-5-13-35-33(38)25-18-28(41-27)21-34-20-25/h2-4,6-11,16-18,20-21,32H,5,12-15,19H2,1H3,(H,35,38). The van der Waals surface area contributed by atoms with Crippen LogP contribution >= 0.6 is 0 Å². The minimum absolute atomic E-state index is 0.0255. The number of hydrogen-bond donors (Lipinski definition) is 1. The normalized spacial score (nSPS) is 16.5. The number of benzene rings is 3. The number of pyridine rings is 1. The molecule has 0 aliphatic carbocycles. The second kappa shape index (κ2) is 11.7. The molecule has 8 heteroatoms. The Balaban J connectivity index is 1.39. The predicted molar refractivity (Wildman–Crippen MR) is 154 cm³/mol. The highest BCUT2D eigenvalue weighted by Gasteiger charge is 2.33. The van der Waals surface area contributed by atoms with Crippen LogP contribution in [-0.4, -0.2) is 48.5 Å². The van der Waals surface area contributed by atoms with E-state index in [-0.39, 0.29) is 24.3 Å². The highest BCUT2D eigenvalue weighted by atomic mass is 16.5. The van der Waals surface area contributed by atoms with Crippen LogP contribution in [0.1, 0.15) is 45.1 Å². The molecule has 41 heavy (non-hydrogen) atoms. The van der Waals surface area contributed by atoms with Crippen LogP contribution < -0.4 is 19.5 Å². The van der Waals surface area contributed by atoms with Crippen LogP contribution in [0.15, 0.2) is 85.2 Å². The summed E-state index contributed by atoms with van der Waals surface area (Å²) in [5.74, 6) is 2.37. The number of fused-ring (bicyclic) bond motifs is 6. The lowest BCUT2D eigenvalue weighted by molar-refractivity contribution is -0.132. The smallest absolute Gasteiger partial charge is 0.252 e. The van der Waals surface area contributed by atoms with Crippen LogP contribution in [0, 0.1) is 0 Å². The van der Waals surface area contributed by atoms with Gasteiger partial charge in [0.2, 0.25) is 5.91 Å². The summed E-state index contributed by atoms with van der Waals surface area (Å²) in [4.78, 5) is 32.7. The highest BCUT2D eigenvalue weighted by Crippen LogP contribution is 2.39. The Bertz CT molecular complexity index is 1590. The number of methoxy groups -OCH3 is 1. The van der Waals surface area contributed by atoms with E-state index in [0.29, 0.717) is 55.4 Å². The lowest BCUT2D eigenvalue weighted by Gasteiger charge is -2.38. The molecule has 3 aromatic carbocycles. The molecule has 0 radical (unpaired) electrons. The maximum Gasteiger partial charge on any atom is 0.252 e. The average molecular weight is 550 g/mol. The van der Waals surface area contributed by atoms with Crippen molar-refractivity contribution in [3.05, 3.63) is 113 Å². The minimum Gasteiger partial charge on any atom is -0.496 e. The largest absolute Gasteiger partial charge is 0.496 e. The van der Waals surface area contributed by atoms with Gasteiger partial charge in [-0.1, -0.05) is 36.4 Å². The monoisotopic (exact) mass is 549 g/mol. The van der Waals surface area contributed by atoms with Crippen LogP contribution in [-0.2, 0) is 17.6 Å². The number of ether oxygens (including phenoxy) is 3. The van der Waals surface area contributed by atoms with Gasteiger partial charge < -0.3 is 24.4 Å². The molecule has 1 unspecified atom stereocenters. The van der Waals surface area contributed by atoms with Crippen LogP contribution in [0.4, 0.5) is 0 Å². The van der Waals surface area contributed by atoms with Gasteiger partial charge >= 0.3 is 0 Å². The third kappa shape index (κ3) is 5.72. The fraction of sp³-hybridized carbons (Fsp3) is 0.242. The lowest BCUT2D eigenvalue weighted by atomic mass is 9.87. The van der Waals surface area contributed by atoms with Gasteiger partial charge in [0.15, 0.2) is 0 Å². The molecule has 3 aliphatic rings. The van der Waals surface area contributed by atoms with Crippen molar-refractivity contribution in [2.75, 3.05) is 26.8 Å². The first-order chi connectivity index (χ1) is 20.1. The summed E-state index contributed by atoms with van der Waals surface area (Å²) in [6.07, 6.45) is 4.67. The van der Waals surface area contributed by atoms with Crippen molar-refractivity contribution in [2.45, 2.75) is 25.3 Å². The van der Waals surface area contributed by atoms with Crippen molar-refractivity contribution in [1.29, 1.82) is 0 Å². The Kier molecular flexibility index (Phi) is 7.54. The van der Waals surface area contributed by atoms with Crippen molar-refractivity contribution in [1.82, 2.24) is 15.2 Å². The maximum absolute atomic E-state index is 13.9. The first kappa shape index (κ1) is 26.4. The number of nitrogens with one attached hydrogen (secondary N) is 1. The van der Waals surface area contributed by atoms with E-state index >= 15 is 0 Å². The van der Waals surface area contributed by atoms with Gasteiger partial charge in [0, 0.05) is 24.8 Å². The minimum atomic E-state index is -0.290. The summed E-state index contributed by atoms with van der Waals surface area (Å²) in [7, 11) is 1.62. The molecule has 0 saturated heterocycles. The molecule has 7 rings (SSSR count). The van der Waals surface area contributed by atoms with E-state index in [9.17, 15) is 9.59 Å². The van der Waals surface area contributed by atoms with Crippen LogP contribution in [0.5, 0.6) is 23.0 Å². The number of hydrogen-bond acceptors (Lipinski definition) is 6. The summed E-state index contributed by atoms with van der Waals surface area (Å²) < 4.78 is 17.7. The van der Waals surface area contributed by atoms with Crippen LogP contribution in [0.2, 0.25) is 0 Å². The molecule has 0 spiro atoms. The van der Waals surface area contributed by atoms with Crippen LogP contribution in [0.3, 0.4) is 0 Å². The zero-order chi connectivity index (χ0) is 28.2. The zero-order valence-electron chi connectivity index (χ0n) is 22.8. The molecule has 0 saturated carbocycles. The number of rotatable bonds is 3. The quantitative estimate of drug-likeness (QED) is 0.382. The number of carbonyl (C=O) groups is 2. The molecule has 0 fully saturated rings. The number of carbonyl (C=O) groups excluding carboxylic acids is 2. The Morgan fingerprint density at radius 3 is 2.83 bits per heavy atom. The van der Waals surface area contributed by atoms with Gasteiger partial charge in [-0.05, 0) is 65.9 Å². The van der Waals surface area contributed by atoms with E-state index in [2.05, 4.69) is 10.3 Å². The zero-order valence-corrected chi connectivity index (χ0v) is 22.8. The SMILES string of the molecule is COc1ccccc1CC(=O)N1CCc2cc3ccc2C1c1cccc(c1)OCCCNC(=O)c1cncc(c1)O3. The third-order valence-corrected chi connectivity index (χ3v) is 7.46. The molecule has 8 nitrogen and oxygen atoms in total. The van der Waals surface area contributed by atoms with E-state index in [0.717, 1.165) is 28.0 Å². The lowest BCUT2D eigenvalue weighted by Crippen LogP contribution is -2.41. The fourth-order valence-corrected chi connectivity index (χ4v) is 5.48. The maximum atomic E-state index is 13.9. The summed E-state index contributed by atoms with van der Waals surface area (Å²) in [5, 5.41) is 2.91. The summed E-state index contributed by atoms with van der Waals surface area (Å²) in [6, 6.07) is 22.9. The number of nitrogens with zero attached hydrogens (tertiary/aromatic N) is 2. The van der Waals surface area contributed by atoms with E-state index < -0.39 is 0 Å². The van der Waals surface area contributed by atoms with Crippen molar-refractivity contribution in [3.8, 4) is 23.0 Å². The molecule has 8 bridgehead atoms. The Morgan fingerprint density at radius 2 is 1.93 bits per heavy atom. The van der Waals surface area contributed by atoms with E-state index in [4.69, 9.17) is 14.2 Å². The van der Waals surface area contributed by atoms with Crippen molar-refractivity contribution in [3.63, 3.8) is 0 Å².